The van der Waals surface area contributed by atoms with Crippen LogP contribution in [0.25, 0.3) is 66.1 Å². The molecule has 0 bridgehead atoms. The van der Waals surface area contributed by atoms with E-state index >= 15 is 0 Å². The molecule has 1 nitrogen and oxygen atoms in total. The van der Waals surface area contributed by atoms with Crippen molar-refractivity contribution >= 4 is 21.5 Å². The summed E-state index contributed by atoms with van der Waals surface area (Å²) in [6.07, 6.45) is 0. The molecular weight excluding hydrogens is 785 g/mol. The summed E-state index contributed by atoms with van der Waals surface area (Å²) in [6, 6.07) is 89.8. The summed E-state index contributed by atoms with van der Waals surface area (Å²) in [5.74, 6) is 1.76. The highest BCUT2D eigenvalue weighted by atomic mass is 16.5. The zero-order valence-electron chi connectivity index (χ0n) is 35.5. The summed E-state index contributed by atoms with van der Waals surface area (Å²) in [6.45, 7) is 0. The van der Waals surface area contributed by atoms with Gasteiger partial charge in [0.25, 0.3) is 0 Å². The maximum absolute atomic E-state index is 7.14. The Labute approximate surface area is 378 Å². The molecule has 1 atom stereocenters. The number of hydrogen-bond acceptors (Lipinski definition) is 1. The molecular formula is C64H40O. The summed E-state index contributed by atoms with van der Waals surface area (Å²) in [5, 5.41) is 4.97. The second-order valence-electron chi connectivity index (χ2n) is 17.8. The van der Waals surface area contributed by atoms with Crippen LogP contribution in [0, 0.1) is 0 Å². The van der Waals surface area contributed by atoms with Crippen LogP contribution in [0.4, 0.5) is 0 Å². The van der Waals surface area contributed by atoms with Gasteiger partial charge >= 0.3 is 0 Å². The Hall–Kier alpha value is -8.26. The van der Waals surface area contributed by atoms with Crippen molar-refractivity contribution in [1.82, 2.24) is 0 Å². The van der Waals surface area contributed by atoms with Crippen LogP contribution in [-0.2, 0) is 10.8 Å². The predicted molar refractivity (Wildman–Crippen MR) is 267 cm³/mol. The number of fused-ring (bicyclic) bond motifs is 15. The fourth-order valence-corrected chi connectivity index (χ4v) is 12.3. The van der Waals surface area contributed by atoms with Crippen molar-refractivity contribution in [2.24, 2.45) is 0 Å². The number of hydrogen-bond donors (Lipinski definition) is 0. The van der Waals surface area contributed by atoms with E-state index in [2.05, 4.69) is 243 Å². The third kappa shape index (κ3) is 4.77. The molecule has 1 heteroatoms. The molecule has 0 radical (unpaired) electrons. The van der Waals surface area contributed by atoms with Gasteiger partial charge in [-0.25, -0.2) is 0 Å². The number of benzene rings is 11. The van der Waals surface area contributed by atoms with E-state index in [0.717, 1.165) is 33.8 Å². The predicted octanol–water partition coefficient (Wildman–Crippen LogP) is 16.2. The molecule has 1 spiro atoms. The van der Waals surface area contributed by atoms with Crippen LogP contribution in [-0.4, -0.2) is 0 Å². The molecule has 14 rings (SSSR count). The maximum Gasteiger partial charge on any atom is 0.140 e. The lowest BCUT2D eigenvalue weighted by atomic mass is 9.63. The van der Waals surface area contributed by atoms with Crippen molar-refractivity contribution in [3.8, 4) is 56.0 Å². The highest BCUT2D eigenvalue weighted by molar-refractivity contribution is 6.08. The van der Waals surface area contributed by atoms with Gasteiger partial charge in [-0.2, -0.15) is 0 Å². The van der Waals surface area contributed by atoms with Gasteiger partial charge in [0, 0.05) is 16.7 Å². The molecule has 0 N–H and O–H groups in total. The summed E-state index contributed by atoms with van der Waals surface area (Å²) in [5.41, 5.74) is 19.0. The summed E-state index contributed by atoms with van der Waals surface area (Å²) in [4.78, 5) is 0. The molecule has 2 aliphatic carbocycles. The fourth-order valence-electron chi connectivity index (χ4n) is 12.3. The molecule has 0 saturated carbocycles. The topological polar surface area (TPSA) is 9.23 Å². The molecule has 1 aliphatic heterocycles. The fraction of sp³-hybridized carbons (Fsp3) is 0.0312. The minimum atomic E-state index is -0.597. The highest BCUT2D eigenvalue weighted by Crippen LogP contribution is 2.64. The van der Waals surface area contributed by atoms with Gasteiger partial charge in [0.15, 0.2) is 0 Å². The molecule has 11 aromatic carbocycles. The van der Waals surface area contributed by atoms with Gasteiger partial charge in [0.05, 0.1) is 10.8 Å². The Morgan fingerprint density at radius 1 is 0.277 bits per heavy atom. The van der Waals surface area contributed by atoms with Crippen LogP contribution in [0.2, 0.25) is 0 Å². The molecule has 65 heavy (non-hydrogen) atoms. The second kappa shape index (κ2) is 13.6. The molecule has 0 saturated heterocycles. The Kier molecular flexibility index (Phi) is 7.59. The smallest absolute Gasteiger partial charge is 0.140 e. The van der Waals surface area contributed by atoms with Gasteiger partial charge in [0.2, 0.25) is 0 Å². The molecule has 11 aromatic rings. The highest BCUT2D eigenvalue weighted by Gasteiger charge is 2.52. The van der Waals surface area contributed by atoms with Crippen molar-refractivity contribution in [3.05, 3.63) is 287 Å². The van der Waals surface area contributed by atoms with Crippen molar-refractivity contribution in [2.45, 2.75) is 10.8 Å². The second-order valence-corrected chi connectivity index (χ2v) is 17.8. The first-order chi connectivity index (χ1) is 32.3. The minimum absolute atomic E-state index is 0.450. The van der Waals surface area contributed by atoms with Gasteiger partial charge in [0.1, 0.15) is 11.5 Å². The van der Waals surface area contributed by atoms with Crippen molar-refractivity contribution in [1.29, 1.82) is 0 Å². The van der Waals surface area contributed by atoms with Crippen molar-refractivity contribution in [3.63, 3.8) is 0 Å². The first-order valence-electron chi connectivity index (χ1n) is 22.7. The van der Waals surface area contributed by atoms with Crippen LogP contribution >= 0.6 is 0 Å². The van der Waals surface area contributed by atoms with E-state index in [1.165, 1.54) is 88.3 Å². The van der Waals surface area contributed by atoms with Crippen LogP contribution in [0.3, 0.4) is 0 Å². The average molecular weight is 825 g/mol. The van der Waals surface area contributed by atoms with E-state index in [0.29, 0.717) is 0 Å². The summed E-state index contributed by atoms with van der Waals surface area (Å²) in [7, 11) is 0. The van der Waals surface area contributed by atoms with E-state index in [4.69, 9.17) is 4.74 Å². The molecule has 302 valence electrons. The van der Waals surface area contributed by atoms with Crippen LogP contribution in [0.1, 0.15) is 44.5 Å². The Balaban J connectivity index is 0.990. The lowest BCUT2D eigenvalue weighted by molar-refractivity contribution is 0.436. The third-order valence-electron chi connectivity index (χ3n) is 14.8. The number of rotatable bonds is 4. The molecule has 0 amide bonds. The molecule has 1 unspecified atom stereocenters. The maximum atomic E-state index is 7.14. The third-order valence-corrected chi connectivity index (χ3v) is 14.8. The Morgan fingerprint density at radius 2 is 0.815 bits per heavy atom. The van der Waals surface area contributed by atoms with Crippen LogP contribution < -0.4 is 4.74 Å². The monoisotopic (exact) mass is 824 g/mol. The first-order valence-corrected chi connectivity index (χ1v) is 22.7. The van der Waals surface area contributed by atoms with Gasteiger partial charge in [-0.05, 0) is 106 Å². The lowest BCUT2D eigenvalue weighted by Crippen LogP contribution is -2.34. The first kappa shape index (κ1) is 36.2. The number of ether oxygens (including phenoxy) is 1. The Morgan fingerprint density at radius 3 is 1.58 bits per heavy atom. The van der Waals surface area contributed by atoms with E-state index in [1.54, 1.807) is 0 Å². The van der Waals surface area contributed by atoms with E-state index < -0.39 is 10.8 Å². The van der Waals surface area contributed by atoms with Gasteiger partial charge in [-0.15, -0.1) is 0 Å². The summed E-state index contributed by atoms with van der Waals surface area (Å²) < 4.78 is 7.14. The molecule has 0 fully saturated rings. The zero-order valence-corrected chi connectivity index (χ0v) is 35.5. The van der Waals surface area contributed by atoms with Crippen molar-refractivity contribution in [2.75, 3.05) is 0 Å². The molecule has 3 aliphatic rings. The standard InChI is InChI=1S/C64H40O/c1-3-19-43(20-4-1)63(44-21-5-2-6-22-44)56-31-15-16-33-60(56)65-62-52(28-17-32-58(62)63)49-38-37-45(47-24-9-10-25-48(47)49)42-34-36-51-50-26-11-13-29-54(50)64(59(51)40-42)55-30-14-12-27-53(55)61-46-23-8-7-18-41(46)35-39-57(61)64/h1-40H. The van der Waals surface area contributed by atoms with Crippen molar-refractivity contribution < 1.29 is 4.74 Å². The van der Waals surface area contributed by atoms with E-state index in [-0.39, 0.29) is 0 Å². The summed E-state index contributed by atoms with van der Waals surface area (Å²) >= 11 is 0. The van der Waals surface area contributed by atoms with Gasteiger partial charge in [-0.3, -0.25) is 0 Å². The molecule has 0 aromatic heterocycles. The average Bonchev–Trinajstić information content (AvgIpc) is 3.85. The quantitative estimate of drug-likeness (QED) is 0.172. The minimum Gasteiger partial charge on any atom is -0.456 e. The van der Waals surface area contributed by atoms with Crippen LogP contribution in [0.15, 0.2) is 243 Å². The van der Waals surface area contributed by atoms with Gasteiger partial charge in [-0.1, -0.05) is 231 Å². The largest absolute Gasteiger partial charge is 0.456 e. The normalized spacial score (nSPS) is 15.7. The number of para-hydroxylation sites is 2. The molecule has 1 heterocycles. The lowest BCUT2D eigenvalue weighted by Gasteiger charge is -2.42. The van der Waals surface area contributed by atoms with E-state index in [1.807, 2.05) is 0 Å². The SMILES string of the molecule is c1ccc(C2(c3ccccc3)c3ccccc3Oc3c(-c4ccc(-c5ccc6c(c5)C5(c7ccccc7-6)c6ccccc6-c6c5ccc5ccccc65)c5ccccc45)cccc32)cc1. The van der Waals surface area contributed by atoms with Gasteiger partial charge < -0.3 is 4.74 Å². The zero-order chi connectivity index (χ0) is 42.7. The van der Waals surface area contributed by atoms with Crippen LogP contribution in [0.5, 0.6) is 11.5 Å². The van der Waals surface area contributed by atoms with E-state index in [9.17, 15) is 0 Å². The Bertz CT molecular complexity index is 3710.